The molecule has 47 heavy (non-hydrogen) atoms. The molecule has 2 N–H and O–H groups in total. The molecule has 2 atom stereocenters. The summed E-state index contributed by atoms with van der Waals surface area (Å²) in [6.45, 7) is 9.46. The number of nitrogens with one attached hydrogen (secondary N) is 1. The van der Waals surface area contributed by atoms with Crippen molar-refractivity contribution in [3.05, 3.63) is 101 Å². The van der Waals surface area contributed by atoms with E-state index in [4.69, 9.17) is 4.74 Å². The zero-order valence-electron chi connectivity index (χ0n) is 27.7. The first-order valence-electron chi connectivity index (χ1n) is 16.4. The second-order valence-corrected chi connectivity index (χ2v) is 12.4. The Labute approximate surface area is 276 Å². The highest BCUT2D eigenvalue weighted by atomic mass is 16.5. The van der Waals surface area contributed by atoms with Gasteiger partial charge in [-0.1, -0.05) is 56.7 Å². The third-order valence-corrected chi connectivity index (χ3v) is 9.14. The molecule has 0 unspecified atom stereocenters. The molecular weight excluding hydrogens is 592 g/mol. The SMILES string of the molecule is CC[C@H](C)[C@H](NC(=O)c1cccc(Cn2cc(-c3cccc4c3CCCN4C(=O)CCCOc3cccc(C)c3C)cn2)c1)C(=O)O. The fourth-order valence-electron chi connectivity index (χ4n) is 6.07. The van der Waals surface area contributed by atoms with E-state index in [1.807, 2.05) is 66.2 Å². The predicted molar refractivity (Wildman–Crippen MR) is 183 cm³/mol. The molecule has 0 fully saturated rings. The van der Waals surface area contributed by atoms with Gasteiger partial charge in [-0.3, -0.25) is 14.3 Å². The molecule has 9 heteroatoms. The summed E-state index contributed by atoms with van der Waals surface area (Å²) >= 11 is 0. The smallest absolute Gasteiger partial charge is 0.326 e. The normalized spacial score (nSPS) is 13.8. The molecule has 0 saturated heterocycles. The van der Waals surface area contributed by atoms with Crippen LogP contribution >= 0.6 is 0 Å². The maximum Gasteiger partial charge on any atom is 0.326 e. The number of hydrogen-bond donors (Lipinski definition) is 2. The maximum atomic E-state index is 13.4. The van der Waals surface area contributed by atoms with Gasteiger partial charge in [0.25, 0.3) is 5.91 Å². The minimum absolute atomic E-state index is 0.103. The van der Waals surface area contributed by atoms with Crippen molar-refractivity contribution in [1.29, 1.82) is 0 Å². The summed E-state index contributed by atoms with van der Waals surface area (Å²) in [5.74, 6) is -0.669. The third-order valence-electron chi connectivity index (χ3n) is 9.14. The van der Waals surface area contributed by atoms with Crippen LogP contribution in [0.3, 0.4) is 0 Å². The lowest BCUT2D eigenvalue weighted by Crippen LogP contribution is -2.45. The zero-order chi connectivity index (χ0) is 33.5. The molecule has 4 aromatic rings. The molecule has 0 aliphatic carbocycles. The summed E-state index contributed by atoms with van der Waals surface area (Å²) in [5.41, 5.74) is 7.72. The number of carboxylic acid groups (broad SMARTS) is 1. The van der Waals surface area contributed by atoms with Gasteiger partial charge in [-0.2, -0.15) is 5.10 Å². The van der Waals surface area contributed by atoms with Gasteiger partial charge in [0.15, 0.2) is 0 Å². The van der Waals surface area contributed by atoms with Crippen molar-refractivity contribution in [3.8, 4) is 16.9 Å². The summed E-state index contributed by atoms with van der Waals surface area (Å²) < 4.78 is 7.81. The van der Waals surface area contributed by atoms with Crippen LogP contribution in [0.15, 0.2) is 73.1 Å². The lowest BCUT2D eigenvalue weighted by molar-refractivity contribution is -0.140. The van der Waals surface area contributed by atoms with Crippen LogP contribution in [0.4, 0.5) is 5.69 Å². The number of hydrogen-bond acceptors (Lipinski definition) is 5. The van der Waals surface area contributed by atoms with Crippen LogP contribution in [-0.2, 0) is 22.6 Å². The molecule has 1 aromatic heterocycles. The average Bonchev–Trinajstić information content (AvgIpc) is 3.54. The Balaban J connectivity index is 1.24. The molecular formula is C38H44N4O5. The molecule has 1 aliphatic rings. The van der Waals surface area contributed by atoms with Crippen LogP contribution in [0.2, 0.25) is 0 Å². The van der Waals surface area contributed by atoms with Gasteiger partial charge in [-0.15, -0.1) is 0 Å². The number of carboxylic acids is 1. The van der Waals surface area contributed by atoms with Gasteiger partial charge < -0.3 is 20.1 Å². The summed E-state index contributed by atoms with van der Waals surface area (Å²) in [4.78, 5) is 39.9. The van der Waals surface area contributed by atoms with Gasteiger partial charge >= 0.3 is 5.97 Å². The number of aromatic nitrogens is 2. The average molecular weight is 637 g/mol. The van der Waals surface area contributed by atoms with Gasteiger partial charge in [-0.05, 0) is 91.1 Å². The molecule has 0 saturated carbocycles. The number of aryl methyl sites for hydroxylation is 1. The number of anilines is 1. The van der Waals surface area contributed by atoms with Crippen LogP contribution in [0.5, 0.6) is 5.75 Å². The largest absolute Gasteiger partial charge is 0.493 e. The first kappa shape index (κ1) is 33.4. The maximum absolute atomic E-state index is 13.4. The fourth-order valence-corrected chi connectivity index (χ4v) is 6.07. The van der Waals surface area contributed by atoms with Crippen LogP contribution in [0.25, 0.3) is 11.1 Å². The molecule has 0 radical (unpaired) electrons. The van der Waals surface area contributed by atoms with Crippen molar-refractivity contribution in [2.45, 2.75) is 72.4 Å². The quantitative estimate of drug-likeness (QED) is 0.160. The van der Waals surface area contributed by atoms with Crippen LogP contribution in [0.1, 0.15) is 72.1 Å². The highest BCUT2D eigenvalue weighted by Crippen LogP contribution is 2.36. The topological polar surface area (TPSA) is 114 Å². The Morgan fingerprint density at radius 2 is 1.85 bits per heavy atom. The van der Waals surface area contributed by atoms with E-state index in [2.05, 4.69) is 36.4 Å². The summed E-state index contributed by atoms with van der Waals surface area (Å²) in [5, 5.41) is 16.8. The lowest BCUT2D eigenvalue weighted by Gasteiger charge is -2.31. The van der Waals surface area contributed by atoms with Gasteiger partial charge in [0.05, 0.1) is 19.3 Å². The van der Waals surface area contributed by atoms with E-state index in [0.717, 1.165) is 52.1 Å². The number of ether oxygens (including phenoxy) is 1. The van der Waals surface area contributed by atoms with E-state index in [1.165, 1.54) is 5.56 Å². The van der Waals surface area contributed by atoms with Crippen molar-refractivity contribution < 1.29 is 24.2 Å². The third kappa shape index (κ3) is 7.91. The molecule has 0 spiro atoms. The molecule has 5 rings (SSSR count). The number of carbonyl (C=O) groups excluding carboxylic acids is 2. The van der Waals surface area contributed by atoms with Crippen molar-refractivity contribution >= 4 is 23.5 Å². The first-order valence-corrected chi connectivity index (χ1v) is 16.4. The Hall–Kier alpha value is -4.92. The number of nitrogens with zero attached hydrogens (tertiary/aromatic N) is 3. The Kier molecular flexibility index (Phi) is 10.8. The summed E-state index contributed by atoms with van der Waals surface area (Å²) in [6, 6.07) is 18.3. The van der Waals surface area contributed by atoms with Crippen molar-refractivity contribution in [2.75, 3.05) is 18.1 Å². The van der Waals surface area contributed by atoms with Crippen LogP contribution < -0.4 is 15.0 Å². The minimum Gasteiger partial charge on any atom is -0.493 e. The Morgan fingerprint density at radius 3 is 2.64 bits per heavy atom. The van der Waals surface area contributed by atoms with E-state index in [0.29, 0.717) is 44.5 Å². The minimum atomic E-state index is -1.04. The first-order chi connectivity index (χ1) is 22.7. The second-order valence-electron chi connectivity index (χ2n) is 12.4. The molecule has 246 valence electrons. The number of fused-ring (bicyclic) bond motifs is 1. The lowest BCUT2D eigenvalue weighted by atomic mass is 9.93. The highest BCUT2D eigenvalue weighted by molar-refractivity contribution is 5.97. The Morgan fingerprint density at radius 1 is 1.06 bits per heavy atom. The number of aliphatic carboxylic acids is 1. The van der Waals surface area contributed by atoms with Gasteiger partial charge in [-0.25, -0.2) is 4.79 Å². The molecule has 1 aliphatic heterocycles. The van der Waals surface area contributed by atoms with Crippen molar-refractivity contribution in [1.82, 2.24) is 15.1 Å². The number of carbonyl (C=O) groups is 3. The predicted octanol–water partition coefficient (Wildman–Crippen LogP) is 6.58. The molecule has 2 amide bonds. The molecule has 3 aromatic carbocycles. The number of rotatable bonds is 13. The van der Waals surface area contributed by atoms with Crippen molar-refractivity contribution in [3.63, 3.8) is 0 Å². The van der Waals surface area contributed by atoms with E-state index in [9.17, 15) is 19.5 Å². The number of benzene rings is 3. The Bertz CT molecular complexity index is 1750. The zero-order valence-corrected chi connectivity index (χ0v) is 27.7. The van der Waals surface area contributed by atoms with Gasteiger partial charge in [0, 0.05) is 36.0 Å². The second kappa shape index (κ2) is 15.1. The standard InChI is InChI=1S/C38H44N4O5/c1-5-25(2)36(38(45)46)40-37(44)29-13-7-12-28(21-29)23-41-24-30(22-39-41)31-14-8-16-33-32(31)15-9-19-42(33)35(43)18-10-20-47-34-17-6-11-26(3)27(34)4/h6-8,11-14,16-17,21-22,24-25,36H,5,9-10,15,18-20,23H2,1-4H3,(H,40,44)(H,45,46)/t25-,36-/m0/s1. The fraction of sp³-hybridized carbons (Fsp3) is 0.368. The van der Waals surface area contributed by atoms with E-state index in [-0.39, 0.29) is 11.8 Å². The molecule has 0 bridgehead atoms. The van der Waals surface area contributed by atoms with E-state index in [1.54, 1.807) is 18.2 Å². The van der Waals surface area contributed by atoms with Gasteiger partial charge in [0.2, 0.25) is 5.91 Å². The van der Waals surface area contributed by atoms with Gasteiger partial charge in [0.1, 0.15) is 11.8 Å². The van der Waals surface area contributed by atoms with E-state index < -0.39 is 17.9 Å². The van der Waals surface area contributed by atoms with Crippen LogP contribution in [0, 0.1) is 19.8 Å². The van der Waals surface area contributed by atoms with Crippen molar-refractivity contribution in [2.24, 2.45) is 5.92 Å². The molecule has 9 nitrogen and oxygen atoms in total. The van der Waals surface area contributed by atoms with Crippen LogP contribution in [-0.4, -0.2) is 51.9 Å². The van der Waals surface area contributed by atoms with E-state index >= 15 is 0 Å². The number of amides is 2. The summed E-state index contributed by atoms with van der Waals surface area (Å²) in [7, 11) is 0. The molecule has 2 heterocycles. The highest BCUT2D eigenvalue weighted by Gasteiger charge is 2.26. The summed E-state index contributed by atoms with van der Waals surface area (Å²) in [6.07, 6.45) is 7.28. The monoisotopic (exact) mass is 636 g/mol.